The highest BCUT2D eigenvalue weighted by Crippen LogP contribution is 2.17. The van der Waals surface area contributed by atoms with Crippen LogP contribution in [0.15, 0.2) is 65.8 Å². The summed E-state index contributed by atoms with van der Waals surface area (Å²) in [5.41, 5.74) is 1.80. The SMILES string of the molecule is Nn1c(Cc2ccccc2)nnc1SCC(=O)c1ccccc1. The van der Waals surface area contributed by atoms with Crippen molar-refractivity contribution >= 4 is 17.5 Å². The van der Waals surface area contributed by atoms with Crippen molar-refractivity contribution in [1.82, 2.24) is 14.9 Å². The minimum absolute atomic E-state index is 0.0446. The molecule has 0 atom stereocenters. The van der Waals surface area contributed by atoms with Crippen LogP contribution in [0.3, 0.4) is 0 Å². The second-order valence-electron chi connectivity index (χ2n) is 5.01. The molecular formula is C17H16N4OS. The number of rotatable bonds is 6. The number of Topliss-reactive ketones (excluding diaryl/α,β-unsaturated/α-hetero) is 1. The molecule has 0 saturated heterocycles. The number of thioether (sulfide) groups is 1. The van der Waals surface area contributed by atoms with Crippen LogP contribution in [-0.4, -0.2) is 26.4 Å². The largest absolute Gasteiger partial charge is 0.336 e. The van der Waals surface area contributed by atoms with Crippen LogP contribution in [0.25, 0.3) is 0 Å². The second-order valence-corrected chi connectivity index (χ2v) is 5.95. The fourth-order valence-corrected chi connectivity index (χ4v) is 2.91. The van der Waals surface area contributed by atoms with E-state index in [2.05, 4.69) is 10.2 Å². The lowest BCUT2D eigenvalue weighted by atomic mass is 10.1. The molecule has 0 unspecified atom stereocenters. The molecule has 0 aliphatic heterocycles. The lowest BCUT2D eigenvalue weighted by molar-refractivity contribution is 0.102. The van der Waals surface area contributed by atoms with Crippen molar-refractivity contribution in [2.45, 2.75) is 11.6 Å². The molecule has 0 aliphatic rings. The number of carbonyl (C=O) groups is 1. The fourth-order valence-electron chi connectivity index (χ4n) is 2.14. The number of nitrogens with two attached hydrogens (primary N) is 1. The van der Waals surface area contributed by atoms with Crippen molar-refractivity contribution in [2.75, 3.05) is 11.6 Å². The Balaban J connectivity index is 1.64. The summed E-state index contributed by atoms with van der Waals surface area (Å²) in [6.45, 7) is 0. The van der Waals surface area contributed by atoms with Gasteiger partial charge in [0.2, 0.25) is 5.16 Å². The molecule has 116 valence electrons. The van der Waals surface area contributed by atoms with Crippen LogP contribution in [0.5, 0.6) is 0 Å². The molecule has 0 spiro atoms. The van der Waals surface area contributed by atoms with Crippen LogP contribution in [-0.2, 0) is 6.42 Å². The number of benzene rings is 2. The summed E-state index contributed by atoms with van der Waals surface area (Å²) in [5.74, 6) is 7.03. The summed E-state index contributed by atoms with van der Waals surface area (Å²) in [5, 5.41) is 8.74. The molecule has 23 heavy (non-hydrogen) atoms. The number of nitrogens with zero attached hydrogens (tertiary/aromatic N) is 3. The summed E-state index contributed by atoms with van der Waals surface area (Å²) in [7, 11) is 0. The molecule has 5 nitrogen and oxygen atoms in total. The molecule has 1 aromatic heterocycles. The Morgan fingerprint density at radius 1 is 1.00 bits per heavy atom. The van der Waals surface area contributed by atoms with Crippen LogP contribution >= 0.6 is 11.8 Å². The van der Waals surface area contributed by atoms with E-state index in [4.69, 9.17) is 5.84 Å². The summed E-state index contributed by atoms with van der Waals surface area (Å²) < 4.78 is 1.45. The van der Waals surface area contributed by atoms with Gasteiger partial charge in [-0.2, -0.15) is 0 Å². The average molecular weight is 324 g/mol. The van der Waals surface area contributed by atoms with Gasteiger partial charge in [0.1, 0.15) is 0 Å². The summed E-state index contributed by atoms with van der Waals surface area (Å²) in [6.07, 6.45) is 0.609. The second kappa shape index (κ2) is 7.11. The molecule has 2 N–H and O–H groups in total. The molecule has 0 aliphatic carbocycles. The summed E-state index contributed by atoms with van der Waals surface area (Å²) >= 11 is 1.30. The minimum atomic E-state index is 0.0446. The van der Waals surface area contributed by atoms with Gasteiger partial charge in [-0.05, 0) is 5.56 Å². The Morgan fingerprint density at radius 3 is 2.35 bits per heavy atom. The van der Waals surface area contributed by atoms with E-state index < -0.39 is 0 Å². The van der Waals surface area contributed by atoms with Gasteiger partial charge in [-0.3, -0.25) is 4.79 Å². The average Bonchev–Trinajstić information content (AvgIpc) is 2.94. The van der Waals surface area contributed by atoms with E-state index in [1.807, 2.05) is 48.5 Å². The minimum Gasteiger partial charge on any atom is -0.336 e. The summed E-state index contributed by atoms with van der Waals surface area (Å²) in [6, 6.07) is 19.1. The van der Waals surface area contributed by atoms with E-state index in [9.17, 15) is 4.79 Å². The maximum absolute atomic E-state index is 12.1. The number of aromatic nitrogens is 3. The standard InChI is InChI=1S/C17H16N4OS/c18-21-16(11-13-7-3-1-4-8-13)19-20-17(21)23-12-15(22)14-9-5-2-6-10-14/h1-10H,11-12,18H2. The Hall–Kier alpha value is -2.60. The van der Waals surface area contributed by atoms with E-state index in [0.29, 0.717) is 23.0 Å². The molecular weight excluding hydrogens is 308 g/mol. The zero-order valence-corrected chi connectivity index (χ0v) is 13.2. The first-order valence-corrected chi connectivity index (χ1v) is 8.17. The third kappa shape index (κ3) is 3.78. The Bertz CT molecular complexity index is 787. The molecule has 0 fully saturated rings. The third-order valence-electron chi connectivity index (χ3n) is 3.37. The van der Waals surface area contributed by atoms with Crippen molar-refractivity contribution in [3.05, 3.63) is 77.6 Å². The molecule has 3 rings (SSSR count). The first kappa shape index (κ1) is 15.3. The van der Waals surface area contributed by atoms with Gasteiger partial charge in [0.15, 0.2) is 11.6 Å². The Morgan fingerprint density at radius 2 is 1.65 bits per heavy atom. The molecule has 0 radical (unpaired) electrons. The van der Waals surface area contributed by atoms with E-state index >= 15 is 0 Å². The van der Waals surface area contributed by atoms with E-state index in [1.54, 1.807) is 12.1 Å². The van der Waals surface area contributed by atoms with Gasteiger partial charge in [0, 0.05) is 12.0 Å². The monoisotopic (exact) mass is 324 g/mol. The van der Waals surface area contributed by atoms with Gasteiger partial charge >= 0.3 is 0 Å². The molecule has 0 amide bonds. The van der Waals surface area contributed by atoms with Crippen molar-refractivity contribution < 1.29 is 4.79 Å². The van der Waals surface area contributed by atoms with Crippen LogP contribution in [0, 0.1) is 0 Å². The molecule has 6 heteroatoms. The Kier molecular flexibility index (Phi) is 4.73. The quantitative estimate of drug-likeness (QED) is 0.428. The number of hydrogen-bond donors (Lipinski definition) is 1. The molecule has 1 heterocycles. The number of ketones is 1. The van der Waals surface area contributed by atoms with Gasteiger partial charge in [-0.1, -0.05) is 72.4 Å². The van der Waals surface area contributed by atoms with E-state index in [1.165, 1.54) is 16.4 Å². The highest BCUT2D eigenvalue weighted by molar-refractivity contribution is 7.99. The number of hydrogen-bond acceptors (Lipinski definition) is 5. The van der Waals surface area contributed by atoms with Gasteiger partial charge < -0.3 is 5.84 Å². The molecule has 3 aromatic rings. The van der Waals surface area contributed by atoms with Gasteiger partial charge in [0.25, 0.3) is 0 Å². The lowest BCUT2D eigenvalue weighted by Crippen LogP contribution is -2.15. The zero-order valence-electron chi connectivity index (χ0n) is 12.4. The predicted octanol–water partition coefficient (Wildman–Crippen LogP) is 2.56. The lowest BCUT2D eigenvalue weighted by Gasteiger charge is -2.04. The first-order valence-electron chi connectivity index (χ1n) is 7.18. The highest BCUT2D eigenvalue weighted by atomic mass is 32.2. The first-order chi connectivity index (χ1) is 11.2. The van der Waals surface area contributed by atoms with Crippen molar-refractivity contribution in [3.8, 4) is 0 Å². The van der Waals surface area contributed by atoms with Gasteiger partial charge in [-0.15, -0.1) is 10.2 Å². The van der Waals surface area contributed by atoms with E-state index in [0.717, 1.165) is 5.56 Å². The topological polar surface area (TPSA) is 73.8 Å². The van der Waals surface area contributed by atoms with Crippen molar-refractivity contribution in [3.63, 3.8) is 0 Å². The van der Waals surface area contributed by atoms with Crippen LogP contribution in [0.4, 0.5) is 0 Å². The van der Waals surface area contributed by atoms with Gasteiger partial charge in [0.05, 0.1) is 5.75 Å². The summed E-state index contributed by atoms with van der Waals surface area (Å²) in [4.78, 5) is 12.1. The number of nitrogen functional groups attached to an aromatic ring is 1. The zero-order chi connectivity index (χ0) is 16.1. The van der Waals surface area contributed by atoms with E-state index in [-0.39, 0.29) is 11.5 Å². The Labute approximate surface area is 138 Å². The van der Waals surface area contributed by atoms with Crippen LogP contribution < -0.4 is 5.84 Å². The van der Waals surface area contributed by atoms with Crippen molar-refractivity contribution in [2.24, 2.45) is 0 Å². The fraction of sp³-hybridized carbons (Fsp3) is 0.118. The van der Waals surface area contributed by atoms with Gasteiger partial charge in [-0.25, -0.2) is 4.68 Å². The van der Waals surface area contributed by atoms with Crippen LogP contribution in [0.2, 0.25) is 0 Å². The van der Waals surface area contributed by atoms with Crippen LogP contribution in [0.1, 0.15) is 21.7 Å². The smallest absolute Gasteiger partial charge is 0.210 e. The van der Waals surface area contributed by atoms with Crippen molar-refractivity contribution in [1.29, 1.82) is 0 Å². The molecule has 0 saturated carbocycles. The maximum Gasteiger partial charge on any atom is 0.210 e. The molecule has 0 bridgehead atoms. The maximum atomic E-state index is 12.1. The molecule has 2 aromatic carbocycles. The number of carbonyl (C=O) groups excluding carboxylic acids is 1. The third-order valence-corrected chi connectivity index (χ3v) is 4.31. The predicted molar refractivity (Wildman–Crippen MR) is 90.9 cm³/mol. The highest BCUT2D eigenvalue weighted by Gasteiger charge is 2.13. The normalized spacial score (nSPS) is 10.6.